The first-order valence-corrected chi connectivity index (χ1v) is 5.74. The van der Waals surface area contributed by atoms with Crippen molar-refractivity contribution < 1.29 is 9.53 Å². The van der Waals surface area contributed by atoms with Gasteiger partial charge < -0.3 is 15.0 Å². The molecule has 4 heteroatoms. The molecule has 1 aromatic rings. The maximum atomic E-state index is 11.6. The van der Waals surface area contributed by atoms with E-state index in [1.807, 2.05) is 26.2 Å². The Labute approximate surface area is 102 Å². The van der Waals surface area contributed by atoms with Gasteiger partial charge in [0.2, 0.25) is 5.91 Å². The Bertz CT molecular complexity index is 431. The van der Waals surface area contributed by atoms with E-state index in [-0.39, 0.29) is 12.0 Å². The van der Waals surface area contributed by atoms with Crippen molar-refractivity contribution in [2.75, 3.05) is 32.6 Å². The standard InChI is InChI=1S/C13H18N2O2/c1-14-8-12(17-3)9-4-5-11-10(6-9)7-13(16)15(11)2/h4-6,12,14H,7-8H2,1-3H3. The molecule has 0 saturated heterocycles. The fourth-order valence-electron chi connectivity index (χ4n) is 2.21. The van der Waals surface area contributed by atoms with Crippen LogP contribution >= 0.6 is 0 Å². The Morgan fingerprint density at radius 3 is 2.94 bits per heavy atom. The summed E-state index contributed by atoms with van der Waals surface area (Å²) in [6.45, 7) is 0.763. The Morgan fingerprint density at radius 1 is 1.53 bits per heavy atom. The second kappa shape index (κ2) is 4.85. The first-order valence-electron chi connectivity index (χ1n) is 5.74. The summed E-state index contributed by atoms with van der Waals surface area (Å²) in [5.74, 6) is 0.153. The second-order valence-corrected chi connectivity index (χ2v) is 4.30. The predicted octanol–water partition coefficient (Wildman–Crippen LogP) is 1.11. The second-order valence-electron chi connectivity index (χ2n) is 4.30. The molecule has 1 N–H and O–H groups in total. The average Bonchev–Trinajstić information content (AvgIpc) is 2.61. The molecule has 0 aliphatic carbocycles. The summed E-state index contributed by atoms with van der Waals surface area (Å²) in [5.41, 5.74) is 3.22. The van der Waals surface area contributed by atoms with Gasteiger partial charge in [0.05, 0.1) is 12.5 Å². The highest BCUT2D eigenvalue weighted by Crippen LogP contribution is 2.30. The van der Waals surface area contributed by atoms with Gasteiger partial charge in [-0.1, -0.05) is 12.1 Å². The third-order valence-electron chi connectivity index (χ3n) is 3.23. The van der Waals surface area contributed by atoms with Crippen LogP contribution < -0.4 is 10.2 Å². The topological polar surface area (TPSA) is 41.6 Å². The van der Waals surface area contributed by atoms with Crippen molar-refractivity contribution in [1.82, 2.24) is 5.32 Å². The highest BCUT2D eigenvalue weighted by Gasteiger charge is 2.24. The number of ether oxygens (including phenoxy) is 1. The number of rotatable bonds is 4. The summed E-state index contributed by atoms with van der Waals surface area (Å²) in [7, 11) is 5.42. The van der Waals surface area contributed by atoms with Gasteiger partial charge in [-0.25, -0.2) is 0 Å². The number of hydrogen-bond donors (Lipinski definition) is 1. The number of likely N-dealkylation sites (N-methyl/N-ethyl adjacent to an activating group) is 2. The molecule has 1 aliphatic heterocycles. The normalized spacial score (nSPS) is 16.2. The highest BCUT2D eigenvalue weighted by molar-refractivity contribution is 6.00. The number of nitrogens with one attached hydrogen (secondary N) is 1. The lowest BCUT2D eigenvalue weighted by atomic mass is 10.0. The molecule has 0 radical (unpaired) electrons. The first-order chi connectivity index (χ1) is 8.17. The van der Waals surface area contributed by atoms with Crippen molar-refractivity contribution in [2.24, 2.45) is 0 Å². The van der Waals surface area contributed by atoms with Crippen LogP contribution in [0, 0.1) is 0 Å². The zero-order chi connectivity index (χ0) is 12.4. The van der Waals surface area contributed by atoms with Gasteiger partial charge in [0.25, 0.3) is 0 Å². The zero-order valence-corrected chi connectivity index (χ0v) is 10.5. The summed E-state index contributed by atoms with van der Waals surface area (Å²) < 4.78 is 5.43. The molecule has 17 heavy (non-hydrogen) atoms. The molecule has 1 atom stereocenters. The van der Waals surface area contributed by atoms with E-state index in [0.717, 1.165) is 23.4 Å². The molecule has 1 amide bonds. The maximum absolute atomic E-state index is 11.6. The Hall–Kier alpha value is -1.39. The third kappa shape index (κ3) is 2.18. The van der Waals surface area contributed by atoms with E-state index in [1.54, 1.807) is 12.0 Å². The SMILES string of the molecule is CNCC(OC)c1ccc2c(c1)CC(=O)N2C. The van der Waals surface area contributed by atoms with E-state index in [0.29, 0.717) is 6.42 Å². The van der Waals surface area contributed by atoms with Crippen LogP contribution in [0.5, 0.6) is 0 Å². The van der Waals surface area contributed by atoms with Crippen molar-refractivity contribution in [2.45, 2.75) is 12.5 Å². The van der Waals surface area contributed by atoms with Gasteiger partial charge >= 0.3 is 0 Å². The lowest BCUT2D eigenvalue weighted by molar-refractivity contribution is -0.117. The molecule has 1 aromatic carbocycles. The van der Waals surface area contributed by atoms with Gasteiger partial charge in [-0.2, -0.15) is 0 Å². The highest BCUT2D eigenvalue weighted by atomic mass is 16.5. The molecule has 0 aromatic heterocycles. The molecule has 0 fully saturated rings. The number of hydrogen-bond acceptors (Lipinski definition) is 3. The van der Waals surface area contributed by atoms with Crippen molar-refractivity contribution >= 4 is 11.6 Å². The number of anilines is 1. The maximum Gasteiger partial charge on any atom is 0.231 e. The van der Waals surface area contributed by atoms with E-state index in [2.05, 4.69) is 11.4 Å². The lowest BCUT2D eigenvalue weighted by Crippen LogP contribution is -2.20. The summed E-state index contributed by atoms with van der Waals surface area (Å²) >= 11 is 0. The fraction of sp³-hybridized carbons (Fsp3) is 0.462. The summed E-state index contributed by atoms with van der Waals surface area (Å²) in [6, 6.07) is 6.10. The van der Waals surface area contributed by atoms with Crippen molar-refractivity contribution in [1.29, 1.82) is 0 Å². The number of benzene rings is 1. The van der Waals surface area contributed by atoms with Gasteiger partial charge in [0, 0.05) is 26.4 Å². The van der Waals surface area contributed by atoms with Crippen LogP contribution in [-0.2, 0) is 16.0 Å². The zero-order valence-electron chi connectivity index (χ0n) is 10.5. The average molecular weight is 234 g/mol. The Balaban J connectivity index is 2.29. The van der Waals surface area contributed by atoms with Crippen LogP contribution in [0.3, 0.4) is 0 Å². The molecule has 0 bridgehead atoms. The lowest BCUT2D eigenvalue weighted by Gasteiger charge is -2.17. The minimum Gasteiger partial charge on any atom is -0.375 e. The van der Waals surface area contributed by atoms with E-state index in [4.69, 9.17) is 4.74 Å². The quantitative estimate of drug-likeness (QED) is 0.848. The monoisotopic (exact) mass is 234 g/mol. The molecule has 4 nitrogen and oxygen atoms in total. The van der Waals surface area contributed by atoms with E-state index in [9.17, 15) is 4.79 Å². The molecule has 1 unspecified atom stereocenters. The van der Waals surface area contributed by atoms with Crippen molar-refractivity contribution in [3.8, 4) is 0 Å². The number of nitrogens with zero attached hydrogens (tertiary/aromatic N) is 1. The minimum atomic E-state index is 0.0336. The van der Waals surface area contributed by atoms with Crippen molar-refractivity contribution in [3.05, 3.63) is 29.3 Å². The fourth-order valence-corrected chi connectivity index (χ4v) is 2.21. The molecule has 2 rings (SSSR count). The van der Waals surface area contributed by atoms with Crippen LogP contribution in [0.2, 0.25) is 0 Å². The molecular formula is C13H18N2O2. The van der Waals surface area contributed by atoms with E-state index >= 15 is 0 Å². The van der Waals surface area contributed by atoms with Gasteiger partial charge in [-0.05, 0) is 24.2 Å². The Morgan fingerprint density at radius 2 is 2.29 bits per heavy atom. The van der Waals surface area contributed by atoms with Crippen LogP contribution in [0.4, 0.5) is 5.69 Å². The van der Waals surface area contributed by atoms with Crippen LogP contribution in [0.15, 0.2) is 18.2 Å². The first kappa shape index (κ1) is 12.1. The number of carbonyl (C=O) groups is 1. The van der Waals surface area contributed by atoms with Crippen molar-refractivity contribution in [3.63, 3.8) is 0 Å². The number of fused-ring (bicyclic) bond motifs is 1. The molecule has 1 aliphatic rings. The third-order valence-corrected chi connectivity index (χ3v) is 3.23. The van der Waals surface area contributed by atoms with E-state index < -0.39 is 0 Å². The van der Waals surface area contributed by atoms with Crippen LogP contribution in [-0.4, -0.2) is 33.7 Å². The van der Waals surface area contributed by atoms with Gasteiger partial charge in [-0.15, -0.1) is 0 Å². The number of methoxy groups -OCH3 is 1. The largest absolute Gasteiger partial charge is 0.375 e. The van der Waals surface area contributed by atoms with Gasteiger partial charge in [0.1, 0.15) is 0 Å². The van der Waals surface area contributed by atoms with Crippen LogP contribution in [0.1, 0.15) is 17.2 Å². The summed E-state index contributed by atoms with van der Waals surface area (Å²) in [5, 5.41) is 3.10. The van der Waals surface area contributed by atoms with Gasteiger partial charge in [-0.3, -0.25) is 4.79 Å². The van der Waals surface area contributed by atoms with Crippen LogP contribution in [0.25, 0.3) is 0 Å². The number of amides is 1. The Kier molecular flexibility index (Phi) is 3.45. The minimum absolute atomic E-state index is 0.0336. The summed E-state index contributed by atoms with van der Waals surface area (Å²) in [6.07, 6.45) is 0.529. The van der Waals surface area contributed by atoms with E-state index in [1.165, 1.54) is 0 Å². The predicted molar refractivity (Wildman–Crippen MR) is 67.2 cm³/mol. The smallest absolute Gasteiger partial charge is 0.231 e. The molecule has 0 saturated carbocycles. The molecular weight excluding hydrogens is 216 g/mol. The van der Waals surface area contributed by atoms with Gasteiger partial charge in [0.15, 0.2) is 0 Å². The number of carbonyl (C=O) groups excluding carboxylic acids is 1. The molecule has 0 spiro atoms. The summed E-state index contributed by atoms with van der Waals surface area (Å²) in [4.78, 5) is 13.3. The molecule has 1 heterocycles. The molecule has 92 valence electrons.